The molecule has 0 radical (unpaired) electrons. The van der Waals surface area contributed by atoms with Crippen molar-refractivity contribution < 1.29 is 14.6 Å². The highest BCUT2D eigenvalue weighted by Gasteiger charge is 2.21. The van der Waals surface area contributed by atoms with Crippen LogP contribution in [0.2, 0.25) is 5.02 Å². The van der Waals surface area contributed by atoms with Gasteiger partial charge in [0, 0.05) is 62.3 Å². The molecule has 1 fully saturated rings. The maximum Gasteiger partial charge on any atom is 0.330 e. The smallest absolute Gasteiger partial charge is 0.330 e. The molecule has 224 valence electrons. The number of hydrogen-bond donors (Lipinski definition) is 2. The van der Waals surface area contributed by atoms with E-state index >= 15 is 0 Å². The highest BCUT2D eigenvalue weighted by atomic mass is 35.5. The minimum Gasteiger partial charge on any atom is -0.481 e. The van der Waals surface area contributed by atoms with Crippen LogP contribution in [0.3, 0.4) is 0 Å². The fourth-order valence-electron chi connectivity index (χ4n) is 5.39. The number of aliphatic hydroxyl groups is 1. The van der Waals surface area contributed by atoms with Gasteiger partial charge in [-0.2, -0.15) is 0 Å². The van der Waals surface area contributed by atoms with Crippen LogP contribution in [-0.2, 0) is 20.6 Å². The van der Waals surface area contributed by atoms with E-state index in [0.717, 1.165) is 58.3 Å². The third kappa shape index (κ3) is 6.13. The van der Waals surface area contributed by atoms with Crippen molar-refractivity contribution >= 4 is 23.2 Å². The van der Waals surface area contributed by atoms with Crippen molar-refractivity contribution in [1.82, 2.24) is 19.0 Å². The van der Waals surface area contributed by atoms with E-state index in [-0.39, 0.29) is 11.7 Å². The number of likely N-dealkylation sites (tertiary alicyclic amines) is 1. The molecule has 2 N–H and O–H groups in total. The van der Waals surface area contributed by atoms with Crippen LogP contribution < -0.4 is 21.3 Å². The zero-order valence-corrected chi connectivity index (χ0v) is 25.3. The quantitative estimate of drug-likeness (QED) is 0.328. The molecule has 11 heteroatoms. The Bertz CT molecular complexity index is 1810. The number of halogens is 1. The van der Waals surface area contributed by atoms with Crippen LogP contribution >= 0.6 is 11.6 Å². The number of aryl methyl sites for hydroxylation is 1. The number of carbonyl (C=O) groups is 1. The minimum absolute atomic E-state index is 0.143. The molecule has 0 bridgehead atoms. The van der Waals surface area contributed by atoms with Crippen molar-refractivity contribution in [1.29, 1.82) is 0 Å². The van der Waals surface area contributed by atoms with E-state index in [9.17, 15) is 19.5 Å². The van der Waals surface area contributed by atoms with Gasteiger partial charge >= 0.3 is 5.69 Å². The van der Waals surface area contributed by atoms with Crippen LogP contribution in [0.4, 0.5) is 5.69 Å². The number of methoxy groups -OCH3 is 1. The molecule has 1 saturated heterocycles. The first kappa shape index (κ1) is 30.2. The number of amides is 1. The van der Waals surface area contributed by atoms with Crippen molar-refractivity contribution in [2.75, 3.05) is 25.5 Å². The van der Waals surface area contributed by atoms with Crippen LogP contribution in [0.1, 0.15) is 34.3 Å². The number of ether oxygens (including phenoxy) is 1. The molecule has 0 spiro atoms. The van der Waals surface area contributed by atoms with Crippen molar-refractivity contribution in [2.24, 2.45) is 14.1 Å². The summed E-state index contributed by atoms with van der Waals surface area (Å²) in [6.07, 6.45) is 2.52. The maximum absolute atomic E-state index is 13.1. The third-order valence-corrected chi connectivity index (χ3v) is 8.33. The molecule has 4 aromatic rings. The lowest BCUT2D eigenvalue weighted by molar-refractivity contribution is 0.0788. The number of nitrogens with zero attached hydrogens (tertiary/aromatic N) is 4. The van der Waals surface area contributed by atoms with E-state index in [4.69, 9.17) is 21.3 Å². The van der Waals surface area contributed by atoms with Crippen molar-refractivity contribution in [3.8, 4) is 28.3 Å². The summed E-state index contributed by atoms with van der Waals surface area (Å²) in [5.41, 5.74) is 3.84. The normalized spacial score (nSPS) is 14.1. The Morgan fingerprint density at radius 3 is 2.44 bits per heavy atom. The Morgan fingerprint density at radius 1 is 1.05 bits per heavy atom. The average Bonchev–Trinajstić information content (AvgIpc) is 3.00. The second kappa shape index (κ2) is 12.5. The second-order valence-electron chi connectivity index (χ2n) is 10.8. The highest BCUT2D eigenvalue weighted by molar-refractivity contribution is 6.36. The lowest BCUT2D eigenvalue weighted by atomic mass is 9.96. The van der Waals surface area contributed by atoms with Gasteiger partial charge in [-0.15, -0.1) is 0 Å². The fourth-order valence-corrected chi connectivity index (χ4v) is 5.71. The van der Waals surface area contributed by atoms with E-state index in [1.165, 1.54) is 24.9 Å². The molecule has 0 aliphatic carbocycles. The highest BCUT2D eigenvalue weighted by Crippen LogP contribution is 2.39. The van der Waals surface area contributed by atoms with Gasteiger partial charge in [0.15, 0.2) is 0 Å². The number of piperidine rings is 1. The predicted molar refractivity (Wildman–Crippen MR) is 167 cm³/mol. The zero-order valence-electron chi connectivity index (χ0n) is 24.6. The van der Waals surface area contributed by atoms with E-state index in [1.54, 1.807) is 19.2 Å². The van der Waals surface area contributed by atoms with E-state index in [2.05, 4.69) is 10.2 Å². The van der Waals surface area contributed by atoms with Gasteiger partial charge in [-0.25, -0.2) is 9.78 Å². The maximum atomic E-state index is 13.1. The van der Waals surface area contributed by atoms with Gasteiger partial charge < -0.3 is 19.7 Å². The molecule has 43 heavy (non-hydrogen) atoms. The molecule has 1 amide bonds. The monoisotopic (exact) mass is 603 g/mol. The standard InChI is InChI=1S/C32H34ClN5O5/c1-19-22(7-6-10-26(19)34-29(40)25-18-36(2)32(42)37(3)31(25)41)23-8-5-9-24(28(23)33)27-12-11-20(30(35-27)43-4)17-38-15-13-21(39)14-16-38/h5-12,18,21,39H,13-17H2,1-4H3,(H,34,40). The molecule has 1 aliphatic rings. The summed E-state index contributed by atoms with van der Waals surface area (Å²) >= 11 is 7.00. The lowest BCUT2D eigenvalue weighted by Crippen LogP contribution is -2.40. The molecule has 2 aromatic heterocycles. The number of pyridine rings is 1. The van der Waals surface area contributed by atoms with Crippen LogP contribution in [0.15, 0.2) is 64.3 Å². The zero-order chi connectivity index (χ0) is 30.8. The van der Waals surface area contributed by atoms with E-state index in [1.807, 2.05) is 43.3 Å². The van der Waals surface area contributed by atoms with Crippen LogP contribution in [0, 0.1) is 6.92 Å². The summed E-state index contributed by atoms with van der Waals surface area (Å²) in [7, 11) is 4.42. The number of carbonyl (C=O) groups excluding carboxylic acids is 1. The molecule has 0 atom stereocenters. The summed E-state index contributed by atoms with van der Waals surface area (Å²) in [5.74, 6) is -0.0936. The number of benzene rings is 2. The van der Waals surface area contributed by atoms with Crippen LogP contribution in [0.5, 0.6) is 5.88 Å². The number of rotatable bonds is 7. The van der Waals surface area contributed by atoms with Crippen LogP contribution in [0.25, 0.3) is 22.4 Å². The molecule has 1 aliphatic heterocycles. The lowest BCUT2D eigenvalue weighted by Gasteiger charge is -2.29. The summed E-state index contributed by atoms with van der Waals surface area (Å²) in [6.45, 7) is 4.18. The van der Waals surface area contributed by atoms with Crippen molar-refractivity contribution in [3.63, 3.8) is 0 Å². The fraction of sp³-hybridized carbons (Fsp3) is 0.312. The van der Waals surface area contributed by atoms with E-state index in [0.29, 0.717) is 28.8 Å². The van der Waals surface area contributed by atoms with Crippen molar-refractivity contribution in [3.05, 3.63) is 97.3 Å². The Morgan fingerprint density at radius 2 is 1.72 bits per heavy atom. The third-order valence-electron chi connectivity index (χ3n) is 7.92. The van der Waals surface area contributed by atoms with Gasteiger partial charge in [-0.1, -0.05) is 48.0 Å². The van der Waals surface area contributed by atoms with Gasteiger partial charge in [0.25, 0.3) is 11.5 Å². The Hall–Kier alpha value is -4.25. The summed E-state index contributed by atoms with van der Waals surface area (Å²) in [5, 5.41) is 13.1. The number of aliphatic hydroxyl groups excluding tert-OH is 1. The summed E-state index contributed by atoms with van der Waals surface area (Å²) in [4.78, 5) is 44.8. The van der Waals surface area contributed by atoms with Gasteiger partial charge in [0.05, 0.1) is 23.9 Å². The SMILES string of the molecule is COc1nc(-c2cccc(-c3cccc(NC(=O)c4cn(C)c(=O)n(C)c4=O)c3C)c2Cl)ccc1CN1CCC(O)CC1. The summed E-state index contributed by atoms with van der Waals surface area (Å²) in [6, 6.07) is 15.1. The largest absolute Gasteiger partial charge is 0.481 e. The Kier molecular flexibility index (Phi) is 8.82. The second-order valence-corrected chi connectivity index (χ2v) is 11.1. The van der Waals surface area contributed by atoms with Crippen molar-refractivity contribution in [2.45, 2.75) is 32.4 Å². The topological polar surface area (TPSA) is 119 Å². The number of aromatic nitrogens is 3. The number of nitrogens with one attached hydrogen (secondary N) is 1. The molecule has 10 nitrogen and oxygen atoms in total. The van der Waals surface area contributed by atoms with Gasteiger partial charge in [0.2, 0.25) is 5.88 Å². The molecule has 2 aromatic carbocycles. The molecular formula is C32H34ClN5O5. The van der Waals surface area contributed by atoms with Crippen LogP contribution in [-0.4, -0.2) is 56.3 Å². The Labute approximate surface area is 254 Å². The van der Waals surface area contributed by atoms with E-state index < -0.39 is 17.2 Å². The van der Waals surface area contributed by atoms with Gasteiger partial charge in [-0.05, 0) is 43.0 Å². The number of hydrogen-bond acceptors (Lipinski definition) is 7. The molecule has 0 unspecified atom stereocenters. The molecule has 0 saturated carbocycles. The Balaban J connectivity index is 1.44. The number of anilines is 1. The molecule has 3 heterocycles. The molecule has 5 rings (SSSR count). The summed E-state index contributed by atoms with van der Waals surface area (Å²) < 4.78 is 7.74. The predicted octanol–water partition coefficient (Wildman–Crippen LogP) is 3.99. The average molecular weight is 604 g/mol. The molecular weight excluding hydrogens is 570 g/mol. The van der Waals surface area contributed by atoms with Gasteiger partial charge in [0.1, 0.15) is 5.56 Å². The first-order valence-electron chi connectivity index (χ1n) is 14.0. The first-order chi connectivity index (χ1) is 20.6. The first-order valence-corrected chi connectivity index (χ1v) is 14.4. The minimum atomic E-state index is -0.672. The van der Waals surface area contributed by atoms with Gasteiger partial charge in [-0.3, -0.25) is 19.1 Å².